The van der Waals surface area contributed by atoms with Crippen LogP contribution in [0, 0.1) is 0 Å². The highest BCUT2D eigenvalue weighted by atomic mass is 16.7. The van der Waals surface area contributed by atoms with Crippen molar-refractivity contribution in [1.29, 1.82) is 0 Å². The minimum absolute atomic E-state index is 0.258. The molecule has 0 saturated carbocycles. The fourth-order valence-electron chi connectivity index (χ4n) is 11.0. The van der Waals surface area contributed by atoms with Gasteiger partial charge in [0.05, 0.1) is 32.0 Å². The molecule has 14 nitrogen and oxygen atoms in total. The Hall–Kier alpha value is -3.09. The molecule has 2 fully saturated rings. The van der Waals surface area contributed by atoms with Gasteiger partial charge in [0.1, 0.15) is 48.8 Å². The normalized spacial score (nSPS) is 23.9. The summed E-state index contributed by atoms with van der Waals surface area (Å²) in [5, 5.41) is 87.4. The quantitative estimate of drug-likeness (QED) is 0.0204. The van der Waals surface area contributed by atoms with Gasteiger partial charge in [-0.3, -0.25) is 4.79 Å². The van der Waals surface area contributed by atoms with Gasteiger partial charge in [-0.25, -0.2) is 0 Å². The van der Waals surface area contributed by atoms with E-state index in [0.717, 1.165) is 83.5 Å². The number of amides is 1. The molecule has 2 aliphatic heterocycles. The van der Waals surface area contributed by atoms with Crippen LogP contribution in [0.25, 0.3) is 0 Å². The SMILES string of the molecule is CC/C=C\C/C=C\C/C=C\C/C=C\C/C=C\C/C=C\CCCCCCCCCCC(=O)NC(COC1OC(CO)C(OC2OC(CO)C(O)C(O)C2O)C(O)C1O)C(O)/C=C/CC/C=C/CCCCCCCCCCCCCCCCCCCCCC. The van der Waals surface area contributed by atoms with Gasteiger partial charge in [-0.1, -0.05) is 272 Å². The summed E-state index contributed by atoms with van der Waals surface area (Å²) in [5.41, 5.74) is 0. The molecule has 9 N–H and O–H groups in total. The first-order valence-corrected chi connectivity index (χ1v) is 35.0. The molecule has 0 bridgehead atoms. The van der Waals surface area contributed by atoms with Gasteiger partial charge >= 0.3 is 0 Å². The van der Waals surface area contributed by atoms with E-state index in [0.29, 0.717) is 12.8 Å². The van der Waals surface area contributed by atoms with E-state index in [1.54, 1.807) is 6.08 Å². The van der Waals surface area contributed by atoms with Gasteiger partial charge < -0.3 is 65.1 Å². The van der Waals surface area contributed by atoms with Crippen molar-refractivity contribution in [2.24, 2.45) is 0 Å². The Balaban J connectivity index is 1.72. The Morgan fingerprint density at radius 2 is 0.805 bits per heavy atom. The van der Waals surface area contributed by atoms with Crippen LogP contribution < -0.4 is 5.32 Å². The standard InChI is InChI=1S/C73H127NO13/c1-3-5-7-9-11-13-15-17-19-21-23-25-27-29-31-33-35-37-39-41-43-45-47-49-51-53-55-57-65(78)74-61(60-84-72-70(83)68(81)71(64(59-76)86-72)87-73-69(82)67(80)66(79)63(58-75)85-73)62(77)56-54-52-50-48-46-44-42-40-38-36-34-32-30-28-26-24-22-20-18-16-14-12-10-8-6-4-2/h5,7,11,13,17,19,23,25,29,31,35,37,46,48,54,56,61-64,66-73,75-77,79-83H,3-4,6,8-10,12,14-16,18,20-22,24,26-28,30,32-34,36,38-45,47,49-53,55,57-60H2,1-2H3,(H,74,78)/b7-5-,13-11-,19-17-,25-23-,31-29-,37-35-,48-46+,56-54+. The number of carbonyl (C=O) groups excluding carboxylic acids is 1. The first-order chi connectivity index (χ1) is 42.6. The Bertz CT molecular complexity index is 1830. The van der Waals surface area contributed by atoms with Crippen molar-refractivity contribution >= 4 is 5.91 Å². The van der Waals surface area contributed by atoms with Crippen molar-refractivity contribution in [2.75, 3.05) is 19.8 Å². The predicted molar refractivity (Wildman–Crippen MR) is 355 cm³/mol. The van der Waals surface area contributed by atoms with Crippen LogP contribution >= 0.6 is 0 Å². The number of carbonyl (C=O) groups is 1. The Labute approximate surface area is 528 Å². The van der Waals surface area contributed by atoms with Crippen LogP contribution in [-0.2, 0) is 23.7 Å². The lowest BCUT2D eigenvalue weighted by molar-refractivity contribution is -0.359. The van der Waals surface area contributed by atoms with Crippen LogP contribution in [0.4, 0.5) is 0 Å². The van der Waals surface area contributed by atoms with Gasteiger partial charge in [0.25, 0.3) is 0 Å². The number of hydrogen-bond donors (Lipinski definition) is 9. The largest absolute Gasteiger partial charge is 0.394 e. The Kier molecular flexibility index (Phi) is 52.3. The van der Waals surface area contributed by atoms with E-state index in [1.165, 1.54) is 148 Å². The van der Waals surface area contributed by atoms with E-state index >= 15 is 0 Å². The summed E-state index contributed by atoms with van der Waals surface area (Å²) < 4.78 is 22.8. The molecule has 0 aromatic rings. The molecule has 1 amide bonds. The van der Waals surface area contributed by atoms with Crippen LogP contribution in [0.3, 0.4) is 0 Å². The molecule has 2 rings (SSSR count). The third-order valence-electron chi connectivity index (χ3n) is 16.5. The fourth-order valence-corrected chi connectivity index (χ4v) is 11.0. The molecular formula is C73H127NO13. The van der Waals surface area contributed by atoms with E-state index in [4.69, 9.17) is 18.9 Å². The Morgan fingerprint density at radius 1 is 0.425 bits per heavy atom. The monoisotopic (exact) mass is 1230 g/mol. The first-order valence-electron chi connectivity index (χ1n) is 35.0. The maximum atomic E-state index is 13.3. The summed E-state index contributed by atoms with van der Waals surface area (Å²) in [4.78, 5) is 13.3. The maximum absolute atomic E-state index is 13.3. The predicted octanol–water partition coefficient (Wildman–Crippen LogP) is 14.2. The topological polar surface area (TPSA) is 228 Å². The molecule has 14 heteroatoms. The van der Waals surface area contributed by atoms with Crippen molar-refractivity contribution in [3.8, 4) is 0 Å². The zero-order valence-corrected chi connectivity index (χ0v) is 54.5. The molecule has 12 atom stereocenters. The zero-order chi connectivity index (χ0) is 63.1. The second-order valence-corrected chi connectivity index (χ2v) is 24.3. The lowest BCUT2D eigenvalue weighted by Gasteiger charge is -2.46. The minimum atomic E-state index is -1.80. The Morgan fingerprint density at radius 3 is 1.26 bits per heavy atom. The molecule has 87 heavy (non-hydrogen) atoms. The number of unbranched alkanes of at least 4 members (excludes halogenated alkanes) is 29. The highest BCUT2D eigenvalue weighted by molar-refractivity contribution is 5.76. The summed E-state index contributed by atoms with van der Waals surface area (Å²) in [5.74, 6) is -0.259. The molecule has 502 valence electrons. The number of ether oxygens (including phenoxy) is 4. The number of nitrogens with one attached hydrogen (secondary N) is 1. The summed E-state index contributed by atoms with van der Waals surface area (Å²) in [6.07, 6.45) is 63.1. The van der Waals surface area contributed by atoms with Crippen LogP contribution in [0.15, 0.2) is 97.2 Å². The second-order valence-electron chi connectivity index (χ2n) is 24.3. The molecule has 0 aromatic carbocycles. The average molecular weight is 1230 g/mol. The lowest BCUT2D eigenvalue weighted by atomic mass is 9.97. The minimum Gasteiger partial charge on any atom is -0.394 e. The van der Waals surface area contributed by atoms with Crippen LogP contribution in [0.2, 0.25) is 0 Å². The summed E-state index contributed by atoms with van der Waals surface area (Å²) in [7, 11) is 0. The molecule has 0 aliphatic carbocycles. The van der Waals surface area contributed by atoms with Gasteiger partial charge in [0, 0.05) is 6.42 Å². The number of allylic oxidation sites excluding steroid dienone is 15. The second kappa shape index (κ2) is 56.9. The van der Waals surface area contributed by atoms with Crippen molar-refractivity contribution < 1.29 is 64.6 Å². The molecule has 2 aliphatic rings. The van der Waals surface area contributed by atoms with Gasteiger partial charge in [-0.05, 0) is 83.5 Å². The molecule has 0 aromatic heterocycles. The van der Waals surface area contributed by atoms with Crippen molar-refractivity contribution in [1.82, 2.24) is 5.32 Å². The molecule has 2 heterocycles. The highest BCUT2D eigenvalue weighted by Crippen LogP contribution is 2.30. The molecule has 0 spiro atoms. The molecule has 0 radical (unpaired) electrons. The molecular weight excluding hydrogens is 1100 g/mol. The molecule has 12 unspecified atom stereocenters. The van der Waals surface area contributed by atoms with Crippen LogP contribution in [-0.4, -0.2) is 140 Å². The summed E-state index contributed by atoms with van der Waals surface area (Å²) in [6, 6.07) is -0.944. The van der Waals surface area contributed by atoms with E-state index in [-0.39, 0.29) is 18.9 Å². The van der Waals surface area contributed by atoms with E-state index in [1.807, 2.05) is 6.08 Å². The highest BCUT2D eigenvalue weighted by Gasteiger charge is 2.51. The van der Waals surface area contributed by atoms with Gasteiger partial charge in [-0.2, -0.15) is 0 Å². The van der Waals surface area contributed by atoms with Gasteiger partial charge in [0.2, 0.25) is 5.91 Å². The number of rotatable bonds is 56. The first kappa shape index (κ1) is 80.0. The summed E-state index contributed by atoms with van der Waals surface area (Å²) in [6.45, 7) is 2.68. The van der Waals surface area contributed by atoms with E-state index in [2.05, 4.69) is 104 Å². The van der Waals surface area contributed by atoms with Crippen molar-refractivity contribution in [3.63, 3.8) is 0 Å². The van der Waals surface area contributed by atoms with Crippen molar-refractivity contribution in [2.45, 2.75) is 338 Å². The maximum Gasteiger partial charge on any atom is 0.220 e. The number of aliphatic hydroxyl groups is 8. The zero-order valence-electron chi connectivity index (χ0n) is 54.5. The third kappa shape index (κ3) is 41.1. The molecule has 2 saturated heterocycles. The average Bonchev–Trinajstić information content (AvgIpc) is 2.58. The van der Waals surface area contributed by atoms with E-state index < -0.39 is 86.8 Å². The smallest absolute Gasteiger partial charge is 0.220 e. The third-order valence-corrected chi connectivity index (χ3v) is 16.5. The van der Waals surface area contributed by atoms with Gasteiger partial charge in [0.15, 0.2) is 12.6 Å². The van der Waals surface area contributed by atoms with Crippen LogP contribution in [0.1, 0.15) is 264 Å². The van der Waals surface area contributed by atoms with Gasteiger partial charge in [-0.15, -0.1) is 0 Å². The number of hydrogen-bond acceptors (Lipinski definition) is 13. The summed E-state index contributed by atoms with van der Waals surface area (Å²) >= 11 is 0. The van der Waals surface area contributed by atoms with E-state index in [9.17, 15) is 45.6 Å². The number of aliphatic hydroxyl groups excluding tert-OH is 8. The fraction of sp³-hybridized carbons (Fsp3) is 0.767. The lowest BCUT2D eigenvalue weighted by Crippen LogP contribution is -2.65. The van der Waals surface area contributed by atoms with Crippen LogP contribution in [0.5, 0.6) is 0 Å². The van der Waals surface area contributed by atoms with Crippen molar-refractivity contribution in [3.05, 3.63) is 97.2 Å².